The van der Waals surface area contributed by atoms with Gasteiger partial charge in [-0.05, 0) is 61.2 Å². The summed E-state index contributed by atoms with van der Waals surface area (Å²) >= 11 is 0. The van der Waals surface area contributed by atoms with Crippen LogP contribution in [0.5, 0.6) is 0 Å². The van der Waals surface area contributed by atoms with E-state index in [0.29, 0.717) is 5.56 Å². The van der Waals surface area contributed by atoms with E-state index < -0.39 is 125 Å². The monoisotopic (exact) mass is 925 g/mol. The Morgan fingerprint density at radius 2 is 1.45 bits per heavy atom. The number of aliphatic hydroxyl groups excluding tert-OH is 2. The molecule has 7 rings (SSSR count). The second-order valence-corrected chi connectivity index (χ2v) is 18.5. The fourth-order valence-electron chi connectivity index (χ4n) is 10.6. The molecule has 1 heterocycles. The van der Waals surface area contributed by atoms with Crippen LogP contribution in [0.25, 0.3) is 0 Å². The van der Waals surface area contributed by atoms with Crippen LogP contribution in [-0.2, 0) is 47.7 Å². The SMILES string of the molecule is CC(=O)O[C@H]1C(=O)[C@@]2(C)C([C@H](OC(=O)c3ccccc3)[C@]3(O)C[C@H](OC(=O)[C@H](O)[C@@H](NC(=O)c4ccccc4)c4ccccc4)C(C)=C1C3(C)C)[C@]1(OC(=O)CCCC(=O)O)CO[C@@H]1C[C@@H]2O. The number of hydrogen-bond donors (Lipinski definition) is 5. The maximum Gasteiger partial charge on any atom is 0.338 e. The molecule has 1 saturated heterocycles. The average Bonchev–Trinajstić information content (AvgIpc) is 3.29. The summed E-state index contributed by atoms with van der Waals surface area (Å²) < 4.78 is 30.6. The Kier molecular flexibility index (Phi) is 13.6. The highest BCUT2D eigenvalue weighted by Crippen LogP contribution is 2.64. The van der Waals surface area contributed by atoms with Crippen molar-refractivity contribution in [2.24, 2.45) is 16.7 Å². The third-order valence-corrected chi connectivity index (χ3v) is 14.2. The minimum absolute atomic E-state index is 0.0210. The van der Waals surface area contributed by atoms with E-state index in [9.17, 15) is 49.2 Å². The summed E-state index contributed by atoms with van der Waals surface area (Å²) in [6.45, 7) is 6.54. The number of esters is 4. The van der Waals surface area contributed by atoms with Crippen LogP contribution in [0.3, 0.4) is 0 Å². The van der Waals surface area contributed by atoms with E-state index in [4.69, 9.17) is 23.7 Å². The predicted molar refractivity (Wildman–Crippen MR) is 234 cm³/mol. The van der Waals surface area contributed by atoms with Gasteiger partial charge in [-0.15, -0.1) is 0 Å². The first kappa shape index (κ1) is 48.7. The number of carboxylic acid groups (broad SMARTS) is 1. The van der Waals surface area contributed by atoms with Gasteiger partial charge in [0.25, 0.3) is 5.91 Å². The van der Waals surface area contributed by atoms with Crippen LogP contribution < -0.4 is 5.32 Å². The molecule has 1 amide bonds. The highest BCUT2D eigenvalue weighted by Gasteiger charge is 2.78. The molecule has 0 radical (unpaired) electrons. The largest absolute Gasteiger partial charge is 0.481 e. The van der Waals surface area contributed by atoms with Crippen molar-refractivity contribution in [3.8, 4) is 0 Å². The number of carboxylic acids is 1. The molecule has 3 aliphatic carbocycles. The van der Waals surface area contributed by atoms with E-state index in [2.05, 4.69) is 5.32 Å². The second kappa shape index (κ2) is 18.8. The number of rotatable bonds is 14. The van der Waals surface area contributed by atoms with Crippen LogP contribution in [0.1, 0.15) is 99.0 Å². The van der Waals surface area contributed by atoms with Gasteiger partial charge in [-0.1, -0.05) is 80.6 Å². The van der Waals surface area contributed by atoms with Crippen LogP contribution in [-0.4, -0.2) is 116 Å². The molecule has 1 aliphatic heterocycles. The Hall–Kier alpha value is -6.27. The number of fused-ring (bicyclic) bond motifs is 5. The van der Waals surface area contributed by atoms with Crippen molar-refractivity contribution in [3.05, 3.63) is 119 Å². The molecule has 11 atom stereocenters. The second-order valence-electron chi connectivity index (χ2n) is 18.5. The van der Waals surface area contributed by atoms with Gasteiger partial charge in [0.1, 0.15) is 23.9 Å². The number of aliphatic carboxylic acids is 1. The van der Waals surface area contributed by atoms with Crippen LogP contribution >= 0.6 is 0 Å². The minimum Gasteiger partial charge on any atom is -0.481 e. The van der Waals surface area contributed by atoms with Gasteiger partial charge in [-0.25, -0.2) is 9.59 Å². The van der Waals surface area contributed by atoms with Crippen LogP contribution in [0, 0.1) is 16.7 Å². The molecule has 0 spiro atoms. The molecule has 2 saturated carbocycles. The highest BCUT2D eigenvalue weighted by atomic mass is 16.6. The number of ether oxygens (including phenoxy) is 5. The van der Waals surface area contributed by atoms with Gasteiger partial charge in [-0.3, -0.25) is 24.0 Å². The standard InChI is InChI=1S/C50H55NO16/c1-27-32(65-46(61)39(57)38(29-16-9-6-10-17-29)51-44(59)30-18-11-7-12-19-30)25-50(62)43(66-45(60)31-20-13-8-14-21-31)41-48(5,42(58)40(64-28(2)52)37(27)47(50,3)4)33(53)24-34-49(41,26-63-34)67-36(56)23-15-22-35(54)55/h6-14,16-21,32-34,38-41,43,53,57,62H,15,22-26H2,1-5H3,(H,51,59)(H,54,55)/t32-,33-,34+,38-,39+,40+,41?,43-,48+,49-,50+/m0/s1. The summed E-state index contributed by atoms with van der Waals surface area (Å²) in [6, 6.07) is 22.6. The number of carbonyl (C=O) groups excluding carboxylic acids is 6. The lowest BCUT2D eigenvalue weighted by Gasteiger charge is -2.67. The summed E-state index contributed by atoms with van der Waals surface area (Å²) in [5.41, 5.74) is -7.63. The van der Waals surface area contributed by atoms with E-state index in [0.717, 1.165) is 6.92 Å². The number of ketones is 1. The lowest BCUT2D eigenvalue weighted by Crippen LogP contribution is -2.82. The van der Waals surface area contributed by atoms with Crippen molar-refractivity contribution in [1.82, 2.24) is 5.32 Å². The fourth-order valence-corrected chi connectivity index (χ4v) is 10.6. The van der Waals surface area contributed by atoms with Crippen molar-refractivity contribution in [3.63, 3.8) is 0 Å². The molecule has 4 aliphatic rings. The fraction of sp³-hybridized carbons (Fsp3) is 0.460. The topological polar surface area (TPSA) is 259 Å². The van der Waals surface area contributed by atoms with E-state index >= 15 is 4.79 Å². The number of Topliss-reactive ketones (excluding diaryl/α,β-unsaturated/α-hetero) is 1. The Morgan fingerprint density at radius 3 is 2.01 bits per heavy atom. The number of hydrogen-bond acceptors (Lipinski definition) is 15. The Balaban J connectivity index is 1.38. The van der Waals surface area contributed by atoms with Crippen molar-refractivity contribution in [2.45, 2.75) is 121 Å². The minimum atomic E-state index is -2.48. The normalized spacial score (nSPS) is 30.3. The van der Waals surface area contributed by atoms with Gasteiger partial charge in [0.2, 0.25) is 0 Å². The molecule has 1 unspecified atom stereocenters. The zero-order chi connectivity index (χ0) is 48.6. The van der Waals surface area contributed by atoms with Gasteiger partial charge in [0.05, 0.1) is 35.6 Å². The number of carbonyl (C=O) groups is 7. The van der Waals surface area contributed by atoms with Crippen LogP contribution in [0.4, 0.5) is 0 Å². The van der Waals surface area contributed by atoms with Gasteiger partial charge in [0.15, 0.2) is 23.6 Å². The molecule has 17 nitrogen and oxygen atoms in total. The predicted octanol–water partition coefficient (Wildman–Crippen LogP) is 3.97. The van der Waals surface area contributed by atoms with Gasteiger partial charge >= 0.3 is 29.8 Å². The number of benzene rings is 3. The molecule has 5 N–H and O–H groups in total. The maximum atomic E-state index is 15.7. The van der Waals surface area contributed by atoms with E-state index in [1.807, 2.05) is 0 Å². The van der Waals surface area contributed by atoms with Gasteiger partial charge in [-0.2, -0.15) is 0 Å². The first-order valence-electron chi connectivity index (χ1n) is 22.1. The van der Waals surface area contributed by atoms with E-state index in [1.165, 1.54) is 39.8 Å². The van der Waals surface area contributed by atoms with Crippen molar-refractivity contribution in [1.29, 1.82) is 0 Å². The van der Waals surface area contributed by atoms with E-state index in [-0.39, 0.29) is 48.0 Å². The molecule has 67 heavy (non-hydrogen) atoms. The number of amides is 1. The van der Waals surface area contributed by atoms with Crippen molar-refractivity contribution >= 4 is 41.5 Å². The maximum absolute atomic E-state index is 15.7. The molecular weight excluding hydrogens is 871 g/mol. The molecule has 0 aromatic heterocycles. The summed E-state index contributed by atoms with van der Waals surface area (Å²) in [5.74, 6) is -8.46. The Morgan fingerprint density at radius 1 is 0.851 bits per heavy atom. The zero-order valence-electron chi connectivity index (χ0n) is 37.7. The zero-order valence-corrected chi connectivity index (χ0v) is 37.7. The van der Waals surface area contributed by atoms with Crippen LogP contribution in [0.15, 0.2) is 102 Å². The van der Waals surface area contributed by atoms with E-state index in [1.54, 1.807) is 78.9 Å². The quantitative estimate of drug-likeness (QED) is 0.0871. The number of nitrogens with one attached hydrogen (secondary N) is 1. The molecule has 3 aromatic carbocycles. The molecule has 2 bridgehead atoms. The summed E-state index contributed by atoms with van der Waals surface area (Å²) in [6.07, 6.45) is -12.0. The van der Waals surface area contributed by atoms with Crippen molar-refractivity contribution in [2.75, 3.05) is 6.61 Å². The lowest BCUT2D eigenvalue weighted by molar-refractivity contribution is -0.346. The third kappa shape index (κ3) is 8.76. The first-order valence-corrected chi connectivity index (χ1v) is 22.1. The average molecular weight is 926 g/mol. The third-order valence-electron chi connectivity index (χ3n) is 14.2. The molecule has 17 heteroatoms. The summed E-state index contributed by atoms with van der Waals surface area (Å²) in [5, 5.41) is 49.8. The number of aliphatic hydroxyl groups is 3. The summed E-state index contributed by atoms with van der Waals surface area (Å²) in [4.78, 5) is 96.2. The molecule has 356 valence electrons. The van der Waals surface area contributed by atoms with Crippen LogP contribution in [0.2, 0.25) is 0 Å². The molecule has 3 fully saturated rings. The Labute approximate surface area is 386 Å². The Bertz CT molecular complexity index is 2440. The lowest BCUT2D eigenvalue weighted by atomic mass is 9.44. The smallest absolute Gasteiger partial charge is 0.338 e. The first-order chi connectivity index (χ1) is 31.7. The summed E-state index contributed by atoms with van der Waals surface area (Å²) in [7, 11) is 0. The van der Waals surface area contributed by atoms with Gasteiger partial charge in [0, 0.05) is 43.6 Å². The van der Waals surface area contributed by atoms with Crippen molar-refractivity contribution < 1.29 is 77.7 Å². The molecule has 3 aromatic rings. The van der Waals surface area contributed by atoms with Gasteiger partial charge < -0.3 is 49.4 Å². The highest BCUT2D eigenvalue weighted by molar-refractivity contribution is 5.96. The molecular formula is C50H55NO16.